The van der Waals surface area contributed by atoms with E-state index in [-0.39, 0.29) is 0 Å². The summed E-state index contributed by atoms with van der Waals surface area (Å²) in [6.07, 6.45) is 2.16. The number of nitrogens with one attached hydrogen (secondary N) is 1. The molecule has 1 aromatic carbocycles. The number of para-hydroxylation sites is 1. The third-order valence-electron chi connectivity index (χ3n) is 4.68. The minimum absolute atomic E-state index is 0.319. The molecule has 2 atom stereocenters. The number of nitrogens with zero attached hydrogens (tertiary/aromatic N) is 2. The van der Waals surface area contributed by atoms with E-state index in [0.29, 0.717) is 18.6 Å². The smallest absolute Gasteiger partial charge is 0.187 e. The molecule has 0 amide bonds. The van der Waals surface area contributed by atoms with Crippen molar-refractivity contribution in [2.24, 2.45) is 5.92 Å². The lowest BCUT2D eigenvalue weighted by atomic mass is 9.92. The Morgan fingerprint density at radius 1 is 1.39 bits per heavy atom. The molecule has 3 rings (SSSR count). The van der Waals surface area contributed by atoms with E-state index in [2.05, 4.69) is 41.6 Å². The maximum atomic E-state index is 9.31. The van der Waals surface area contributed by atoms with Crippen LogP contribution < -0.4 is 5.32 Å². The van der Waals surface area contributed by atoms with E-state index in [1.54, 1.807) is 11.3 Å². The van der Waals surface area contributed by atoms with Crippen LogP contribution in [0.3, 0.4) is 0 Å². The van der Waals surface area contributed by atoms with Crippen LogP contribution in [-0.4, -0.2) is 34.2 Å². The number of aliphatic hydroxyl groups is 1. The zero-order valence-electron chi connectivity index (χ0n) is 13.8. The number of hydrogen-bond donors (Lipinski definition) is 2. The average Bonchev–Trinajstić information content (AvgIpc) is 2.99. The maximum absolute atomic E-state index is 9.31. The first-order valence-electron chi connectivity index (χ1n) is 8.27. The number of anilines is 2. The van der Waals surface area contributed by atoms with Crippen LogP contribution in [0, 0.1) is 12.8 Å². The van der Waals surface area contributed by atoms with Crippen molar-refractivity contribution in [1.82, 2.24) is 9.88 Å². The second kappa shape index (κ2) is 7.43. The fourth-order valence-corrected chi connectivity index (χ4v) is 3.91. The van der Waals surface area contributed by atoms with E-state index in [0.717, 1.165) is 42.4 Å². The first-order chi connectivity index (χ1) is 11.2. The summed E-state index contributed by atoms with van der Waals surface area (Å²) in [6.45, 7) is 6.61. The van der Waals surface area contributed by atoms with Gasteiger partial charge in [0.2, 0.25) is 0 Å². The van der Waals surface area contributed by atoms with Gasteiger partial charge in [-0.2, -0.15) is 0 Å². The van der Waals surface area contributed by atoms with Gasteiger partial charge >= 0.3 is 0 Å². The van der Waals surface area contributed by atoms with E-state index >= 15 is 0 Å². The number of aromatic nitrogens is 1. The molecule has 2 heterocycles. The van der Waals surface area contributed by atoms with Crippen LogP contribution in [0.2, 0.25) is 0 Å². The number of likely N-dealkylation sites (tertiary alicyclic amines) is 1. The average molecular weight is 331 g/mol. The van der Waals surface area contributed by atoms with Crippen LogP contribution in [0.1, 0.15) is 31.0 Å². The van der Waals surface area contributed by atoms with Crippen LogP contribution in [0.25, 0.3) is 0 Å². The molecule has 1 aromatic heterocycles. The molecule has 124 valence electrons. The maximum Gasteiger partial charge on any atom is 0.187 e. The summed E-state index contributed by atoms with van der Waals surface area (Å²) in [5.74, 6) is 0.468. The minimum atomic E-state index is 0.319. The van der Waals surface area contributed by atoms with Crippen LogP contribution in [0.15, 0.2) is 29.6 Å². The standard InChI is InChI=1S/C18H25N3OS/c1-13-5-3-4-6-17(13)20-18-19-16(12-23-18)10-21-8-7-15(11-22)9-14(21)2/h3-6,12,14-15,22H,7-11H2,1-2H3,(H,19,20)/t14-,15-/m0/s1. The molecule has 0 aliphatic carbocycles. The Morgan fingerprint density at radius 3 is 2.96 bits per heavy atom. The molecule has 1 aliphatic rings. The Hall–Kier alpha value is -1.43. The number of aliphatic hydroxyl groups excluding tert-OH is 1. The molecule has 0 unspecified atom stereocenters. The van der Waals surface area contributed by atoms with E-state index in [1.165, 1.54) is 5.56 Å². The lowest BCUT2D eigenvalue weighted by Gasteiger charge is -2.36. The van der Waals surface area contributed by atoms with Crippen molar-refractivity contribution in [2.75, 3.05) is 18.5 Å². The summed E-state index contributed by atoms with van der Waals surface area (Å²) in [6, 6.07) is 8.78. The van der Waals surface area contributed by atoms with Crippen LogP contribution in [-0.2, 0) is 6.54 Å². The van der Waals surface area contributed by atoms with Crippen LogP contribution in [0.4, 0.5) is 10.8 Å². The van der Waals surface area contributed by atoms with Gasteiger partial charge in [-0.1, -0.05) is 18.2 Å². The van der Waals surface area contributed by atoms with Crippen molar-refractivity contribution in [1.29, 1.82) is 0 Å². The van der Waals surface area contributed by atoms with Gasteiger partial charge in [0.1, 0.15) is 0 Å². The van der Waals surface area contributed by atoms with Crippen LogP contribution in [0.5, 0.6) is 0 Å². The van der Waals surface area contributed by atoms with Gasteiger partial charge in [0, 0.05) is 30.3 Å². The lowest BCUT2D eigenvalue weighted by molar-refractivity contribution is 0.0832. The summed E-state index contributed by atoms with van der Waals surface area (Å²) in [4.78, 5) is 7.20. The highest BCUT2D eigenvalue weighted by Gasteiger charge is 2.25. The molecule has 4 nitrogen and oxygen atoms in total. The minimum Gasteiger partial charge on any atom is -0.396 e. The van der Waals surface area contributed by atoms with Gasteiger partial charge < -0.3 is 10.4 Å². The van der Waals surface area contributed by atoms with Crippen molar-refractivity contribution in [3.63, 3.8) is 0 Å². The van der Waals surface area contributed by atoms with Crippen molar-refractivity contribution in [2.45, 2.75) is 39.3 Å². The second-order valence-corrected chi connectivity index (χ2v) is 7.33. The largest absolute Gasteiger partial charge is 0.396 e. The number of benzene rings is 1. The van der Waals surface area contributed by atoms with E-state index in [9.17, 15) is 5.11 Å². The first-order valence-corrected chi connectivity index (χ1v) is 9.15. The highest BCUT2D eigenvalue weighted by atomic mass is 32.1. The molecule has 5 heteroatoms. The Bertz CT molecular complexity index is 643. The summed E-state index contributed by atoms with van der Waals surface area (Å²) in [5, 5.41) is 15.8. The third kappa shape index (κ3) is 4.10. The van der Waals surface area contributed by atoms with Crippen molar-refractivity contribution in [3.8, 4) is 0 Å². The quantitative estimate of drug-likeness (QED) is 0.875. The Balaban J connectivity index is 1.60. The predicted molar refractivity (Wildman–Crippen MR) is 96.3 cm³/mol. The summed E-state index contributed by atoms with van der Waals surface area (Å²) >= 11 is 1.66. The number of thiazole rings is 1. The Morgan fingerprint density at radius 2 is 2.22 bits per heavy atom. The second-order valence-electron chi connectivity index (χ2n) is 6.48. The van der Waals surface area contributed by atoms with Gasteiger partial charge in [-0.25, -0.2) is 4.98 Å². The molecule has 0 bridgehead atoms. The lowest BCUT2D eigenvalue weighted by Crippen LogP contribution is -2.41. The van der Waals surface area contributed by atoms with Crippen molar-refractivity contribution >= 4 is 22.2 Å². The number of rotatable bonds is 5. The number of hydrogen-bond acceptors (Lipinski definition) is 5. The Labute approximate surface area is 142 Å². The molecule has 0 saturated carbocycles. The molecule has 1 fully saturated rings. The number of piperidine rings is 1. The summed E-state index contributed by atoms with van der Waals surface area (Å²) in [7, 11) is 0. The van der Waals surface area contributed by atoms with Gasteiger partial charge in [-0.3, -0.25) is 4.90 Å². The molecule has 1 saturated heterocycles. The predicted octanol–water partition coefficient (Wildman–Crippen LogP) is 3.79. The molecule has 0 spiro atoms. The highest BCUT2D eigenvalue weighted by molar-refractivity contribution is 7.13. The van der Waals surface area contributed by atoms with Crippen molar-refractivity contribution < 1.29 is 5.11 Å². The summed E-state index contributed by atoms with van der Waals surface area (Å²) < 4.78 is 0. The van der Waals surface area contributed by atoms with E-state index in [1.807, 2.05) is 12.1 Å². The van der Waals surface area contributed by atoms with Gasteiger partial charge in [0.15, 0.2) is 5.13 Å². The summed E-state index contributed by atoms with van der Waals surface area (Å²) in [5.41, 5.74) is 3.47. The fraction of sp³-hybridized carbons (Fsp3) is 0.500. The fourth-order valence-electron chi connectivity index (χ4n) is 3.19. The molecular weight excluding hydrogens is 306 g/mol. The topological polar surface area (TPSA) is 48.4 Å². The molecule has 1 aliphatic heterocycles. The monoisotopic (exact) mass is 331 g/mol. The first kappa shape index (κ1) is 16.4. The Kier molecular flexibility index (Phi) is 5.30. The van der Waals surface area contributed by atoms with E-state index < -0.39 is 0 Å². The van der Waals surface area contributed by atoms with E-state index in [4.69, 9.17) is 4.98 Å². The van der Waals surface area contributed by atoms with Gasteiger partial charge in [-0.15, -0.1) is 11.3 Å². The highest BCUT2D eigenvalue weighted by Crippen LogP contribution is 2.27. The molecule has 0 radical (unpaired) electrons. The molecular formula is C18H25N3OS. The zero-order valence-corrected chi connectivity index (χ0v) is 14.6. The van der Waals surface area contributed by atoms with Gasteiger partial charge in [-0.05, 0) is 50.8 Å². The molecule has 2 N–H and O–H groups in total. The zero-order chi connectivity index (χ0) is 16.2. The van der Waals surface area contributed by atoms with Crippen LogP contribution >= 0.6 is 11.3 Å². The van der Waals surface area contributed by atoms with Gasteiger partial charge in [0.25, 0.3) is 0 Å². The normalized spacial score (nSPS) is 22.2. The molecule has 2 aromatic rings. The van der Waals surface area contributed by atoms with Gasteiger partial charge in [0.05, 0.1) is 5.69 Å². The SMILES string of the molecule is Cc1ccccc1Nc1nc(CN2CC[C@H](CO)C[C@@H]2C)cs1. The van der Waals surface area contributed by atoms with Crippen molar-refractivity contribution in [3.05, 3.63) is 40.9 Å². The molecule has 23 heavy (non-hydrogen) atoms. The number of aryl methyl sites for hydroxylation is 1. The third-order valence-corrected chi connectivity index (χ3v) is 5.49.